The minimum absolute atomic E-state index is 0.0960. The van der Waals surface area contributed by atoms with Crippen molar-refractivity contribution in [3.63, 3.8) is 0 Å². The molecule has 162 valence electrons. The molecule has 0 heterocycles. The number of hydrogen-bond acceptors (Lipinski definition) is 4. The van der Waals surface area contributed by atoms with E-state index in [0.717, 1.165) is 5.56 Å². The van der Waals surface area contributed by atoms with Crippen LogP contribution in [0.3, 0.4) is 0 Å². The number of alkyl halides is 1. The van der Waals surface area contributed by atoms with Crippen LogP contribution >= 0.6 is 11.6 Å². The first-order chi connectivity index (χ1) is 15.5. The molecule has 0 N–H and O–H groups in total. The highest BCUT2D eigenvalue weighted by atomic mass is 35.5. The zero-order valence-corrected chi connectivity index (χ0v) is 18.8. The summed E-state index contributed by atoms with van der Waals surface area (Å²) >= 11 is 6.05. The molecule has 4 rings (SSSR count). The highest BCUT2D eigenvalue weighted by Crippen LogP contribution is 2.26. The van der Waals surface area contributed by atoms with Crippen molar-refractivity contribution in [1.29, 1.82) is 0 Å². The van der Waals surface area contributed by atoms with Crippen LogP contribution in [-0.4, -0.2) is 37.2 Å². The van der Waals surface area contributed by atoms with E-state index in [0.29, 0.717) is 35.8 Å². The summed E-state index contributed by atoms with van der Waals surface area (Å²) in [5, 5.41) is 0. The average molecular weight is 465 g/mol. The Labute approximate surface area is 192 Å². The van der Waals surface area contributed by atoms with Crippen LogP contribution in [0, 0.1) is 0 Å². The standard InChI is InChI=1S/C25H21ClN2O3S/c26-15-16-28(18-19-9-3-1-4-10-19)24-17-23(21-13-7-8-14-22(21)25(24)29)27-32(30,31)20-11-5-2-6-12-20/h1-14,17H,15-16,18H2/b27-23-. The third-order valence-corrected chi connectivity index (χ3v) is 6.60. The highest BCUT2D eigenvalue weighted by Gasteiger charge is 2.29. The number of halogens is 1. The number of fused-ring (bicyclic) bond motifs is 1. The largest absolute Gasteiger partial charge is 0.363 e. The minimum atomic E-state index is -3.95. The normalized spacial score (nSPS) is 14.7. The van der Waals surface area contributed by atoms with E-state index in [-0.39, 0.29) is 16.4 Å². The number of carbonyl (C=O) groups excluding carboxylic acids is 1. The van der Waals surface area contributed by atoms with Crippen molar-refractivity contribution < 1.29 is 13.2 Å². The molecule has 0 aromatic heterocycles. The summed E-state index contributed by atoms with van der Waals surface area (Å²) in [7, 11) is -3.95. The topological polar surface area (TPSA) is 66.8 Å². The van der Waals surface area contributed by atoms with Gasteiger partial charge in [0.25, 0.3) is 10.0 Å². The van der Waals surface area contributed by atoms with Gasteiger partial charge in [-0.1, -0.05) is 72.8 Å². The molecular weight excluding hydrogens is 444 g/mol. The summed E-state index contributed by atoms with van der Waals surface area (Å²) in [6.45, 7) is 0.890. The fraction of sp³-hybridized carbons (Fsp3) is 0.120. The maximum absolute atomic E-state index is 13.3. The van der Waals surface area contributed by atoms with E-state index in [1.807, 2.05) is 35.2 Å². The van der Waals surface area contributed by atoms with Crippen molar-refractivity contribution in [2.45, 2.75) is 11.4 Å². The van der Waals surface area contributed by atoms with Crippen molar-refractivity contribution in [3.8, 4) is 0 Å². The first kappa shape index (κ1) is 22.0. The van der Waals surface area contributed by atoms with Gasteiger partial charge in [0.05, 0.1) is 16.3 Å². The number of nitrogens with zero attached hydrogens (tertiary/aromatic N) is 2. The Morgan fingerprint density at radius 1 is 0.812 bits per heavy atom. The fourth-order valence-corrected chi connectivity index (χ4v) is 4.81. The van der Waals surface area contributed by atoms with Crippen LogP contribution < -0.4 is 0 Å². The van der Waals surface area contributed by atoms with Gasteiger partial charge in [-0.3, -0.25) is 4.79 Å². The van der Waals surface area contributed by atoms with E-state index in [4.69, 9.17) is 11.6 Å². The number of sulfonamides is 1. The second-order valence-electron chi connectivity index (χ2n) is 7.27. The van der Waals surface area contributed by atoms with Crippen LogP contribution in [0.4, 0.5) is 0 Å². The first-order valence-electron chi connectivity index (χ1n) is 10.1. The number of allylic oxidation sites excluding steroid dienone is 2. The average Bonchev–Trinajstić information content (AvgIpc) is 2.82. The smallest absolute Gasteiger partial charge is 0.282 e. The highest BCUT2D eigenvalue weighted by molar-refractivity contribution is 7.90. The van der Waals surface area contributed by atoms with Crippen LogP contribution in [0.1, 0.15) is 21.5 Å². The summed E-state index contributed by atoms with van der Waals surface area (Å²) in [4.78, 5) is 15.3. The second kappa shape index (κ2) is 9.51. The van der Waals surface area contributed by atoms with Crippen LogP contribution in [0.5, 0.6) is 0 Å². The number of carbonyl (C=O) groups is 1. The number of rotatable bonds is 7. The van der Waals surface area contributed by atoms with Crippen molar-refractivity contribution in [2.24, 2.45) is 4.40 Å². The zero-order chi connectivity index (χ0) is 22.6. The molecule has 0 aliphatic heterocycles. The molecule has 1 aliphatic rings. The van der Waals surface area contributed by atoms with Crippen LogP contribution in [0.25, 0.3) is 0 Å². The summed E-state index contributed by atoms with van der Waals surface area (Å²) in [6, 6.07) is 24.7. The summed E-state index contributed by atoms with van der Waals surface area (Å²) in [5.74, 6) is 0.131. The quantitative estimate of drug-likeness (QED) is 0.476. The molecule has 7 heteroatoms. The molecule has 0 fully saturated rings. The van der Waals surface area contributed by atoms with Gasteiger partial charge in [0, 0.05) is 30.1 Å². The van der Waals surface area contributed by atoms with Crippen LogP contribution in [-0.2, 0) is 16.6 Å². The molecule has 5 nitrogen and oxygen atoms in total. The maximum Gasteiger partial charge on any atom is 0.282 e. The lowest BCUT2D eigenvalue weighted by atomic mass is 9.91. The molecule has 0 atom stereocenters. The van der Waals surface area contributed by atoms with E-state index in [2.05, 4.69) is 4.40 Å². The Morgan fingerprint density at radius 2 is 1.41 bits per heavy atom. The van der Waals surface area contributed by atoms with Gasteiger partial charge in [-0.15, -0.1) is 11.6 Å². The van der Waals surface area contributed by atoms with Gasteiger partial charge < -0.3 is 4.90 Å². The molecule has 3 aromatic carbocycles. The molecule has 3 aromatic rings. The lowest BCUT2D eigenvalue weighted by Crippen LogP contribution is -2.33. The molecule has 32 heavy (non-hydrogen) atoms. The molecule has 0 amide bonds. The molecular formula is C25H21ClN2O3S. The molecule has 0 bridgehead atoms. The van der Waals surface area contributed by atoms with Crippen molar-refractivity contribution in [1.82, 2.24) is 4.90 Å². The fourth-order valence-electron chi connectivity index (χ4n) is 3.59. The van der Waals surface area contributed by atoms with Gasteiger partial charge in [0.15, 0.2) is 0 Å². The van der Waals surface area contributed by atoms with Gasteiger partial charge in [0.1, 0.15) is 0 Å². The Balaban J connectivity index is 1.82. The third kappa shape index (κ3) is 4.66. The van der Waals surface area contributed by atoms with E-state index < -0.39 is 10.0 Å². The van der Waals surface area contributed by atoms with Gasteiger partial charge in [0.2, 0.25) is 5.78 Å². The lowest BCUT2D eigenvalue weighted by Gasteiger charge is -2.29. The second-order valence-corrected chi connectivity index (χ2v) is 9.25. The van der Waals surface area contributed by atoms with E-state index in [1.54, 1.807) is 48.5 Å². The molecule has 0 spiro atoms. The molecule has 0 unspecified atom stereocenters. The minimum Gasteiger partial charge on any atom is -0.363 e. The maximum atomic E-state index is 13.3. The van der Waals surface area contributed by atoms with E-state index in [9.17, 15) is 13.2 Å². The SMILES string of the molecule is O=C1C(N(CCCl)Cc2ccccc2)=C/C(=N/S(=O)(=O)c2ccccc2)c2ccccc21. The molecule has 1 aliphatic carbocycles. The number of benzene rings is 3. The molecule has 0 saturated heterocycles. The van der Waals surface area contributed by atoms with E-state index >= 15 is 0 Å². The monoisotopic (exact) mass is 464 g/mol. The Bertz CT molecular complexity index is 1290. The third-order valence-electron chi connectivity index (χ3n) is 5.12. The Hall–Kier alpha value is -3.22. The van der Waals surface area contributed by atoms with Crippen molar-refractivity contribution in [3.05, 3.63) is 113 Å². The Morgan fingerprint density at radius 3 is 2.06 bits per heavy atom. The summed E-state index contributed by atoms with van der Waals surface area (Å²) in [5.41, 5.74) is 2.52. The van der Waals surface area contributed by atoms with Crippen molar-refractivity contribution >= 4 is 33.1 Å². The molecule has 0 radical (unpaired) electrons. The van der Waals surface area contributed by atoms with E-state index in [1.165, 1.54) is 12.1 Å². The first-order valence-corrected chi connectivity index (χ1v) is 12.1. The zero-order valence-electron chi connectivity index (χ0n) is 17.2. The summed E-state index contributed by atoms with van der Waals surface area (Å²) < 4.78 is 30.0. The van der Waals surface area contributed by atoms with Gasteiger partial charge in [-0.2, -0.15) is 12.8 Å². The van der Waals surface area contributed by atoms with Crippen LogP contribution in [0.2, 0.25) is 0 Å². The van der Waals surface area contributed by atoms with Gasteiger partial charge in [-0.05, 0) is 23.8 Å². The number of hydrogen-bond donors (Lipinski definition) is 0. The van der Waals surface area contributed by atoms with Gasteiger partial charge >= 0.3 is 0 Å². The van der Waals surface area contributed by atoms with Crippen molar-refractivity contribution in [2.75, 3.05) is 12.4 Å². The summed E-state index contributed by atoms with van der Waals surface area (Å²) in [6.07, 6.45) is 1.56. The number of ketones is 1. The predicted octanol–water partition coefficient (Wildman–Crippen LogP) is 4.69. The lowest BCUT2D eigenvalue weighted by molar-refractivity contribution is 0.0989. The van der Waals surface area contributed by atoms with Gasteiger partial charge in [-0.25, -0.2) is 0 Å². The molecule has 0 saturated carbocycles. The number of Topliss-reactive ketones (excluding diaryl/α,β-unsaturated/α-hetero) is 1. The predicted molar refractivity (Wildman–Crippen MR) is 127 cm³/mol. The van der Waals surface area contributed by atoms with Crippen LogP contribution in [0.15, 0.2) is 106 Å². The Kier molecular flexibility index (Phi) is 6.53.